The number of aromatic nitrogens is 2. The molecule has 2 heterocycles. The van der Waals surface area contributed by atoms with Gasteiger partial charge in [-0.1, -0.05) is 11.6 Å². The van der Waals surface area contributed by atoms with Crippen molar-refractivity contribution in [2.24, 2.45) is 0 Å². The molecule has 1 aliphatic rings. The Hall–Kier alpha value is -3.37. The monoisotopic (exact) mass is 486 g/mol. The molecule has 1 saturated heterocycles. The van der Waals surface area contributed by atoms with Gasteiger partial charge >= 0.3 is 0 Å². The number of carbonyl (C=O) groups is 1. The van der Waals surface area contributed by atoms with E-state index < -0.39 is 15.9 Å². The van der Waals surface area contributed by atoms with E-state index >= 15 is 0 Å². The highest BCUT2D eigenvalue weighted by Gasteiger charge is 2.25. The second-order valence-corrected chi connectivity index (χ2v) is 9.67. The quantitative estimate of drug-likeness (QED) is 0.483. The van der Waals surface area contributed by atoms with E-state index in [1.165, 1.54) is 18.5 Å². The van der Waals surface area contributed by atoms with E-state index in [-0.39, 0.29) is 16.4 Å². The SMILES string of the molecule is Nc1nccnc1C(=O)Nc1ccc(N2CCCCC2)c(S(=O)(=O)Nc2ccc(Cl)cc2)c1. The zero-order valence-electron chi connectivity index (χ0n) is 17.7. The highest BCUT2D eigenvalue weighted by atomic mass is 35.5. The first kappa shape index (κ1) is 22.8. The van der Waals surface area contributed by atoms with Gasteiger partial charge in [0.1, 0.15) is 4.90 Å². The maximum Gasteiger partial charge on any atom is 0.278 e. The standard InChI is InChI=1S/C22H23ClN6O3S/c23-15-4-6-16(7-5-15)28-33(31,32)19-14-17(8-9-18(19)29-12-2-1-3-13-29)27-22(30)20-21(24)26-11-10-25-20/h4-11,14,28H,1-3,12-13H2,(H2,24,26)(H,27,30). The Kier molecular flexibility index (Phi) is 6.66. The first-order valence-electron chi connectivity index (χ1n) is 10.4. The molecule has 3 aromatic rings. The van der Waals surface area contributed by atoms with Crippen LogP contribution in [0.5, 0.6) is 0 Å². The summed E-state index contributed by atoms with van der Waals surface area (Å²) >= 11 is 5.91. The molecule has 0 radical (unpaired) electrons. The minimum absolute atomic E-state index is 0.0165. The average Bonchev–Trinajstić information content (AvgIpc) is 2.81. The molecule has 4 rings (SSSR count). The lowest BCUT2D eigenvalue weighted by atomic mass is 10.1. The van der Waals surface area contributed by atoms with Crippen LogP contribution in [0.4, 0.5) is 22.9 Å². The van der Waals surface area contributed by atoms with E-state index in [1.54, 1.807) is 36.4 Å². The Morgan fingerprint density at radius 2 is 1.64 bits per heavy atom. The maximum absolute atomic E-state index is 13.4. The Morgan fingerprint density at radius 1 is 0.970 bits per heavy atom. The number of halogens is 1. The van der Waals surface area contributed by atoms with Gasteiger partial charge in [-0.25, -0.2) is 18.4 Å². The van der Waals surface area contributed by atoms with Crippen molar-refractivity contribution in [2.75, 3.05) is 33.8 Å². The minimum Gasteiger partial charge on any atom is -0.382 e. The molecule has 0 aliphatic carbocycles. The molecule has 0 bridgehead atoms. The molecule has 0 unspecified atom stereocenters. The summed E-state index contributed by atoms with van der Waals surface area (Å²) < 4.78 is 29.4. The molecule has 0 saturated carbocycles. The molecular formula is C22H23ClN6O3S. The normalized spacial score (nSPS) is 14.0. The number of carbonyl (C=O) groups excluding carboxylic acids is 1. The highest BCUT2D eigenvalue weighted by Crippen LogP contribution is 2.32. The summed E-state index contributed by atoms with van der Waals surface area (Å²) in [6.45, 7) is 1.51. The van der Waals surface area contributed by atoms with E-state index in [2.05, 4.69) is 20.0 Å². The van der Waals surface area contributed by atoms with E-state index in [0.717, 1.165) is 32.4 Å². The van der Waals surface area contributed by atoms with Gasteiger partial charge in [-0.15, -0.1) is 0 Å². The summed E-state index contributed by atoms with van der Waals surface area (Å²) in [6, 6.07) is 11.2. The van der Waals surface area contributed by atoms with Crippen LogP contribution in [0.3, 0.4) is 0 Å². The molecule has 1 amide bonds. The van der Waals surface area contributed by atoms with E-state index in [1.807, 2.05) is 4.90 Å². The van der Waals surface area contributed by atoms with Crippen molar-refractivity contribution in [3.05, 3.63) is 65.6 Å². The third kappa shape index (κ3) is 5.35. The van der Waals surface area contributed by atoms with Gasteiger partial charge in [-0.05, 0) is 61.7 Å². The number of amides is 1. The molecule has 33 heavy (non-hydrogen) atoms. The third-order valence-corrected chi connectivity index (χ3v) is 6.90. The molecule has 1 aliphatic heterocycles. The molecular weight excluding hydrogens is 464 g/mol. The largest absolute Gasteiger partial charge is 0.382 e. The van der Waals surface area contributed by atoms with Gasteiger partial charge in [-0.3, -0.25) is 9.52 Å². The molecule has 2 aromatic carbocycles. The molecule has 9 nitrogen and oxygen atoms in total. The number of nitrogens with one attached hydrogen (secondary N) is 2. The maximum atomic E-state index is 13.4. The number of piperidine rings is 1. The van der Waals surface area contributed by atoms with Gasteiger partial charge in [0.25, 0.3) is 15.9 Å². The summed E-state index contributed by atoms with van der Waals surface area (Å²) in [5.41, 5.74) is 6.95. The van der Waals surface area contributed by atoms with Crippen LogP contribution in [0.1, 0.15) is 29.8 Å². The Balaban J connectivity index is 1.69. The second-order valence-electron chi connectivity index (χ2n) is 7.59. The van der Waals surface area contributed by atoms with Crippen LogP contribution in [0.25, 0.3) is 0 Å². The van der Waals surface area contributed by atoms with Crippen LogP contribution in [0, 0.1) is 0 Å². The third-order valence-electron chi connectivity index (χ3n) is 5.24. The van der Waals surface area contributed by atoms with Crippen LogP contribution >= 0.6 is 11.6 Å². The van der Waals surface area contributed by atoms with Gasteiger partial charge in [0.05, 0.1) is 5.69 Å². The molecule has 11 heteroatoms. The number of hydrogen-bond acceptors (Lipinski definition) is 7. The summed E-state index contributed by atoms with van der Waals surface area (Å²) in [4.78, 5) is 22.5. The number of nitrogens with two attached hydrogens (primary N) is 1. The lowest BCUT2D eigenvalue weighted by molar-refractivity contribution is 0.102. The summed E-state index contributed by atoms with van der Waals surface area (Å²) in [5, 5.41) is 3.16. The number of nitrogen functional groups attached to an aromatic ring is 1. The van der Waals surface area contributed by atoms with Crippen molar-refractivity contribution in [1.82, 2.24) is 9.97 Å². The molecule has 0 spiro atoms. The van der Waals surface area contributed by atoms with Gasteiger partial charge in [0.15, 0.2) is 11.5 Å². The van der Waals surface area contributed by atoms with Gasteiger partial charge in [0, 0.05) is 41.9 Å². The van der Waals surface area contributed by atoms with Crippen molar-refractivity contribution in [3.63, 3.8) is 0 Å². The zero-order chi connectivity index (χ0) is 23.4. The van der Waals surface area contributed by atoms with Crippen LogP contribution in [-0.4, -0.2) is 37.4 Å². The van der Waals surface area contributed by atoms with E-state index in [9.17, 15) is 13.2 Å². The first-order valence-corrected chi connectivity index (χ1v) is 12.2. The van der Waals surface area contributed by atoms with Crippen molar-refractivity contribution >= 4 is 50.4 Å². The number of benzene rings is 2. The lowest BCUT2D eigenvalue weighted by Crippen LogP contribution is -2.31. The van der Waals surface area contributed by atoms with Crippen LogP contribution < -0.4 is 20.7 Å². The van der Waals surface area contributed by atoms with E-state index in [0.29, 0.717) is 22.1 Å². The van der Waals surface area contributed by atoms with Gasteiger partial charge in [0.2, 0.25) is 0 Å². The summed E-state index contributed by atoms with van der Waals surface area (Å²) in [5.74, 6) is -0.600. The summed E-state index contributed by atoms with van der Waals surface area (Å²) in [7, 11) is -3.98. The van der Waals surface area contributed by atoms with Crippen molar-refractivity contribution in [3.8, 4) is 0 Å². The van der Waals surface area contributed by atoms with Crippen molar-refractivity contribution in [1.29, 1.82) is 0 Å². The average molecular weight is 487 g/mol. The smallest absolute Gasteiger partial charge is 0.278 e. The van der Waals surface area contributed by atoms with Gasteiger partial charge < -0.3 is 16.0 Å². The van der Waals surface area contributed by atoms with Crippen LogP contribution in [-0.2, 0) is 10.0 Å². The van der Waals surface area contributed by atoms with Gasteiger partial charge in [-0.2, -0.15) is 0 Å². The Labute approximate surface area is 197 Å². The van der Waals surface area contributed by atoms with Crippen molar-refractivity contribution in [2.45, 2.75) is 24.2 Å². The molecule has 1 fully saturated rings. The second kappa shape index (κ2) is 9.63. The van der Waals surface area contributed by atoms with Crippen LogP contribution in [0.2, 0.25) is 5.02 Å². The lowest BCUT2D eigenvalue weighted by Gasteiger charge is -2.30. The van der Waals surface area contributed by atoms with E-state index in [4.69, 9.17) is 17.3 Å². The molecule has 0 atom stereocenters. The molecule has 172 valence electrons. The zero-order valence-corrected chi connectivity index (χ0v) is 19.2. The Bertz CT molecular complexity index is 1260. The fourth-order valence-corrected chi connectivity index (χ4v) is 5.08. The Morgan fingerprint density at radius 3 is 2.33 bits per heavy atom. The highest BCUT2D eigenvalue weighted by molar-refractivity contribution is 7.92. The number of sulfonamides is 1. The number of hydrogen-bond donors (Lipinski definition) is 3. The first-order chi connectivity index (χ1) is 15.8. The fraction of sp³-hybridized carbons (Fsp3) is 0.227. The topological polar surface area (TPSA) is 130 Å². The van der Waals surface area contributed by atoms with Crippen LogP contribution in [0.15, 0.2) is 59.8 Å². The predicted molar refractivity (Wildman–Crippen MR) is 129 cm³/mol. The minimum atomic E-state index is -3.98. The number of nitrogens with zero attached hydrogens (tertiary/aromatic N) is 3. The summed E-state index contributed by atoms with van der Waals surface area (Å²) in [6.07, 6.45) is 5.81. The predicted octanol–water partition coefficient (Wildman–Crippen LogP) is 3.76. The molecule has 4 N–H and O–H groups in total. The number of rotatable bonds is 6. The molecule has 1 aromatic heterocycles. The fourth-order valence-electron chi connectivity index (χ4n) is 3.65. The number of anilines is 4. The van der Waals surface area contributed by atoms with Crippen molar-refractivity contribution < 1.29 is 13.2 Å².